The molecule has 0 fully saturated rings. The standard InChI is InChI=1S/C20H22OSi/c1-20(15-21)18-12-8-7-9-16(18)13-14-19(20)22(2,3)17-10-5-4-6-11-17/h4-15,19H,1-3H3/t19-,20+/m0/s1. The lowest BCUT2D eigenvalue weighted by atomic mass is 9.75. The van der Waals surface area contributed by atoms with Gasteiger partial charge in [-0.15, -0.1) is 0 Å². The number of fused-ring (bicyclic) bond motifs is 1. The van der Waals surface area contributed by atoms with Crippen LogP contribution in [0.1, 0.15) is 18.1 Å². The first-order chi connectivity index (χ1) is 10.5. The summed E-state index contributed by atoms with van der Waals surface area (Å²) in [5.41, 5.74) is 2.15. The highest BCUT2D eigenvalue weighted by Gasteiger charge is 2.47. The zero-order valence-corrected chi connectivity index (χ0v) is 14.4. The minimum Gasteiger partial charge on any atom is -0.302 e. The number of allylic oxidation sites excluding steroid dienone is 1. The SMILES string of the molecule is C[C@@]1(C=O)c2ccccc2C=C[C@@H]1[Si](C)(C)c1ccccc1. The number of hydrogen-bond donors (Lipinski definition) is 0. The summed E-state index contributed by atoms with van der Waals surface area (Å²) >= 11 is 0. The van der Waals surface area contributed by atoms with Crippen LogP contribution in [0.4, 0.5) is 0 Å². The zero-order valence-electron chi connectivity index (χ0n) is 13.4. The summed E-state index contributed by atoms with van der Waals surface area (Å²) in [6, 6.07) is 19.0. The fraction of sp³-hybridized carbons (Fsp3) is 0.250. The number of carbonyl (C=O) groups is 1. The molecule has 3 rings (SSSR count). The van der Waals surface area contributed by atoms with Crippen molar-refractivity contribution in [2.45, 2.75) is 31.0 Å². The number of aldehydes is 1. The van der Waals surface area contributed by atoms with Crippen molar-refractivity contribution in [2.24, 2.45) is 0 Å². The van der Waals surface area contributed by atoms with Crippen molar-refractivity contribution in [1.29, 1.82) is 0 Å². The Balaban J connectivity index is 2.14. The van der Waals surface area contributed by atoms with Gasteiger partial charge in [0.1, 0.15) is 6.29 Å². The van der Waals surface area contributed by atoms with Gasteiger partial charge in [0.15, 0.2) is 0 Å². The highest BCUT2D eigenvalue weighted by atomic mass is 28.3. The van der Waals surface area contributed by atoms with Crippen LogP contribution in [0.2, 0.25) is 18.6 Å². The predicted octanol–water partition coefficient (Wildman–Crippen LogP) is 4.16. The molecule has 112 valence electrons. The highest BCUT2D eigenvalue weighted by Crippen LogP contribution is 2.46. The molecule has 0 bridgehead atoms. The molecule has 1 aliphatic carbocycles. The van der Waals surface area contributed by atoms with E-state index in [1.165, 1.54) is 10.8 Å². The van der Waals surface area contributed by atoms with Crippen LogP contribution in [0.15, 0.2) is 60.7 Å². The number of benzene rings is 2. The van der Waals surface area contributed by atoms with Crippen LogP contribution in [-0.2, 0) is 10.2 Å². The molecule has 2 heteroatoms. The van der Waals surface area contributed by atoms with Gasteiger partial charge in [0, 0.05) is 0 Å². The van der Waals surface area contributed by atoms with Crippen LogP contribution in [0.5, 0.6) is 0 Å². The molecule has 0 unspecified atom stereocenters. The quantitative estimate of drug-likeness (QED) is 0.615. The van der Waals surface area contributed by atoms with Gasteiger partial charge in [-0.2, -0.15) is 0 Å². The van der Waals surface area contributed by atoms with Crippen molar-refractivity contribution in [2.75, 3.05) is 0 Å². The van der Waals surface area contributed by atoms with E-state index < -0.39 is 13.5 Å². The Labute approximate surface area is 133 Å². The van der Waals surface area contributed by atoms with Crippen molar-refractivity contribution in [3.05, 3.63) is 71.8 Å². The molecule has 2 aromatic carbocycles. The van der Waals surface area contributed by atoms with E-state index in [2.05, 4.69) is 74.6 Å². The van der Waals surface area contributed by atoms with E-state index in [0.29, 0.717) is 0 Å². The zero-order chi connectivity index (χ0) is 15.8. The van der Waals surface area contributed by atoms with Gasteiger partial charge in [-0.1, -0.05) is 85.0 Å². The van der Waals surface area contributed by atoms with Gasteiger partial charge in [0.05, 0.1) is 13.5 Å². The van der Waals surface area contributed by atoms with Crippen molar-refractivity contribution in [1.82, 2.24) is 0 Å². The molecule has 0 heterocycles. The van der Waals surface area contributed by atoms with Gasteiger partial charge in [0.2, 0.25) is 0 Å². The third-order valence-electron chi connectivity index (χ3n) is 5.20. The summed E-state index contributed by atoms with van der Waals surface area (Å²) in [6.07, 6.45) is 5.64. The molecule has 0 saturated heterocycles. The van der Waals surface area contributed by atoms with Crippen molar-refractivity contribution < 1.29 is 4.79 Å². The first kappa shape index (κ1) is 15.0. The van der Waals surface area contributed by atoms with E-state index in [-0.39, 0.29) is 5.54 Å². The largest absolute Gasteiger partial charge is 0.302 e. The average Bonchev–Trinajstić information content (AvgIpc) is 2.56. The lowest BCUT2D eigenvalue weighted by molar-refractivity contribution is -0.112. The molecule has 1 aliphatic rings. The van der Waals surface area contributed by atoms with Gasteiger partial charge < -0.3 is 4.79 Å². The summed E-state index contributed by atoms with van der Waals surface area (Å²) in [5.74, 6) is 0. The van der Waals surface area contributed by atoms with Gasteiger partial charge >= 0.3 is 0 Å². The van der Waals surface area contributed by atoms with Gasteiger partial charge in [-0.25, -0.2) is 0 Å². The minimum absolute atomic E-state index is 0.259. The average molecular weight is 306 g/mol. The Morgan fingerprint density at radius 1 is 1.00 bits per heavy atom. The summed E-state index contributed by atoms with van der Waals surface area (Å²) < 4.78 is 0. The molecule has 2 aromatic rings. The van der Waals surface area contributed by atoms with Gasteiger partial charge in [-0.05, 0) is 23.6 Å². The van der Waals surface area contributed by atoms with E-state index in [4.69, 9.17) is 0 Å². The third kappa shape index (κ3) is 2.19. The topological polar surface area (TPSA) is 17.1 Å². The van der Waals surface area contributed by atoms with E-state index in [9.17, 15) is 4.79 Å². The summed E-state index contributed by atoms with van der Waals surface area (Å²) in [7, 11) is -1.82. The summed E-state index contributed by atoms with van der Waals surface area (Å²) in [4.78, 5) is 12.1. The van der Waals surface area contributed by atoms with E-state index in [1.807, 2.05) is 12.1 Å². The first-order valence-corrected chi connectivity index (χ1v) is 10.9. The van der Waals surface area contributed by atoms with Crippen LogP contribution in [0.3, 0.4) is 0 Å². The van der Waals surface area contributed by atoms with Crippen LogP contribution in [-0.4, -0.2) is 14.4 Å². The second-order valence-electron chi connectivity index (χ2n) is 6.91. The fourth-order valence-corrected chi connectivity index (χ4v) is 7.59. The monoisotopic (exact) mass is 306 g/mol. The smallest absolute Gasteiger partial charge is 0.130 e. The molecule has 0 N–H and O–H groups in total. The van der Waals surface area contributed by atoms with Crippen LogP contribution in [0.25, 0.3) is 6.08 Å². The normalized spacial score (nSPS) is 23.9. The minimum atomic E-state index is -1.82. The summed E-state index contributed by atoms with van der Waals surface area (Å²) in [5, 5.41) is 1.40. The van der Waals surface area contributed by atoms with E-state index in [1.54, 1.807) is 0 Å². The van der Waals surface area contributed by atoms with E-state index >= 15 is 0 Å². The van der Waals surface area contributed by atoms with E-state index in [0.717, 1.165) is 11.8 Å². The maximum Gasteiger partial charge on any atom is 0.130 e. The maximum absolute atomic E-state index is 12.1. The number of carbonyl (C=O) groups excluding carboxylic acids is 1. The first-order valence-electron chi connectivity index (χ1n) is 7.80. The van der Waals surface area contributed by atoms with Crippen molar-refractivity contribution >= 4 is 25.6 Å². The van der Waals surface area contributed by atoms with Crippen molar-refractivity contribution in [3.63, 3.8) is 0 Å². The molecule has 0 saturated carbocycles. The third-order valence-corrected chi connectivity index (χ3v) is 9.36. The Kier molecular flexibility index (Phi) is 3.65. The molecule has 0 amide bonds. The lowest BCUT2D eigenvalue weighted by Crippen LogP contribution is -2.53. The second kappa shape index (κ2) is 5.36. The molecule has 0 spiro atoms. The number of rotatable bonds is 3. The van der Waals surface area contributed by atoms with Crippen LogP contribution in [0, 0.1) is 0 Å². The van der Waals surface area contributed by atoms with Crippen LogP contribution >= 0.6 is 0 Å². The molecule has 1 nitrogen and oxygen atoms in total. The highest BCUT2D eigenvalue weighted by molar-refractivity contribution is 6.91. The Bertz CT molecular complexity index is 717. The molecule has 0 aromatic heterocycles. The Hall–Kier alpha value is -1.93. The van der Waals surface area contributed by atoms with Gasteiger partial charge in [-0.3, -0.25) is 0 Å². The molecular weight excluding hydrogens is 284 g/mol. The molecule has 22 heavy (non-hydrogen) atoms. The molecule has 0 radical (unpaired) electrons. The lowest BCUT2D eigenvalue weighted by Gasteiger charge is -2.44. The fourth-order valence-electron chi connectivity index (χ4n) is 3.87. The maximum atomic E-state index is 12.1. The second-order valence-corrected chi connectivity index (χ2v) is 11.6. The van der Waals surface area contributed by atoms with Crippen LogP contribution < -0.4 is 5.19 Å². The summed E-state index contributed by atoms with van der Waals surface area (Å²) in [6.45, 7) is 6.84. The Morgan fingerprint density at radius 3 is 2.32 bits per heavy atom. The van der Waals surface area contributed by atoms with Crippen molar-refractivity contribution in [3.8, 4) is 0 Å². The molecule has 0 aliphatic heterocycles. The molecule has 2 atom stereocenters. The number of hydrogen-bond acceptors (Lipinski definition) is 1. The predicted molar refractivity (Wildman–Crippen MR) is 96.2 cm³/mol. The molecular formula is C20H22OSi. The Morgan fingerprint density at radius 2 is 1.64 bits per heavy atom. The van der Waals surface area contributed by atoms with Gasteiger partial charge in [0.25, 0.3) is 0 Å².